The van der Waals surface area contributed by atoms with Crippen LogP contribution < -0.4 is 10.5 Å². The van der Waals surface area contributed by atoms with Gasteiger partial charge in [-0.2, -0.15) is 0 Å². The average molecular weight is 191 g/mol. The lowest BCUT2D eigenvalue weighted by Crippen LogP contribution is -2.22. The molecule has 2 N–H and O–H groups in total. The van der Waals surface area contributed by atoms with Gasteiger partial charge in [-0.25, -0.2) is 0 Å². The maximum absolute atomic E-state index is 6.09. The highest BCUT2D eigenvalue weighted by molar-refractivity contribution is 5.51. The van der Waals surface area contributed by atoms with Crippen LogP contribution in [0.15, 0.2) is 6.07 Å². The molecule has 1 aliphatic rings. The van der Waals surface area contributed by atoms with Crippen LogP contribution in [-0.2, 0) is 0 Å². The molecule has 0 spiro atoms. The first-order valence-corrected chi connectivity index (χ1v) is 5.10. The number of fused-ring (bicyclic) bond motifs is 1. The van der Waals surface area contributed by atoms with Gasteiger partial charge in [-0.15, -0.1) is 0 Å². The van der Waals surface area contributed by atoms with E-state index in [0.29, 0.717) is 0 Å². The minimum atomic E-state index is 0.151. The van der Waals surface area contributed by atoms with Crippen LogP contribution in [0.3, 0.4) is 0 Å². The predicted molar refractivity (Wildman–Crippen MR) is 57.7 cm³/mol. The van der Waals surface area contributed by atoms with Crippen LogP contribution in [0.25, 0.3) is 0 Å². The minimum absolute atomic E-state index is 0.151. The van der Waals surface area contributed by atoms with Crippen LogP contribution in [0.2, 0.25) is 0 Å². The number of aryl methyl sites for hydroxylation is 2. The Morgan fingerprint density at radius 2 is 2.00 bits per heavy atom. The van der Waals surface area contributed by atoms with Crippen LogP contribution >= 0.6 is 0 Å². The van der Waals surface area contributed by atoms with Gasteiger partial charge in [0.1, 0.15) is 5.75 Å². The van der Waals surface area contributed by atoms with Crippen molar-refractivity contribution in [2.45, 2.75) is 33.2 Å². The summed E-state index contributed by atoms with van der Waals surface area (Å²) in [5, 5.41) is 0. The highest BCUT2D eigenvalue weighted by Crippen LogP contribution is 2.37. The van der Waals surface area contributed by atoms with Gasteiger partial charge >= 0.3 is 0 Å². The number of nitrogens with two attached hydrogens (primary N) is 1. The smallest absolute Gasteiger partial charge is 0.127 e. The normalized spacial score (nSPS) is 20.1. The van der Waals surface area contributed by atoms with Crippen molar-refractivity contribution in [3.05, 3.63) is 28.3 Å². The van der Waals surface area contributed by atoms with Gasteiger partial charge in [0.15, 0.2) is 0 Å². The maximum Gasteiger partial charge on any atom is 0.127 e. The summed E-state index contributed by atoms with van der Waals surface area (Å²) < 4.78 is 5.71. The summed E-state index contributed by atoms with van der Waals surface area (Å²) in [6.45, 7) is 7.08. The van der Waals surface area contributed by atoms with E-state index in [1.54, 1.807) is 0 Å². The largest absolute Gasteiger partial charge is 0.493 e. The molecular weight excluding hydrogens is 174 g/mol. The summed E-state index contributed by atoms with van der Waals surface area (Å²) >= 11 is 0. The van der Waals surface area contributed by atoms with Crippen molar-refractivity contribution in [1.29, 1.82) is 0 Å². The number of hydrogen-bond donors (Lipinski definition) is 1. The van der Waals surface area contributed by atoms with Gasteiger partial charge in [0.2, 0.25) is 0 Å². The lowest BCUT2D eigenvalue weighted by molar-refractivity contribution is 0.266. The van der Waals surface area contributed by atoms with E-state index >= 15 is 0 Å². The van der Waals surface area contributed by atoms with Crippen molar-refractivity contribution in [2.75, 3.05) is 6.61 Å². The van der Waals surface area contributed by atoms with E-state index in [0.717, 1.165) is 18.8 Å². The zero-order chi connectivity index (χ0) is 10.3. The molecule has 1 unspecified atom stereocenters. The first kappa shape index (κ1) is 9.53. The van der Waals surface area contributed by atoms with E-state index in [4.69, 9.17) is 10.5 Å². The molecule has 1 aromatic rings. The Balaban J connectivity index is 2.66. The van der Waals surface area contributed by atoms with Crippen molar-refractivity contribution < 1.29 is 4.74 Å². The zero-order valence-corrected chi connectivity index (χ0v) is 9.05. The molecule has 0 amide bonds. The van der Waals surface area contributed by atoms with E-state index in [9.17, 15) is 0 Å². The lowest BCUT2D eigenvalue weighted by atomic mass is 9.92. The van der Waals surface area contributed by atoms with Crippen LogP contribution in [0.1, 0.15) is 34.7 Å². The Bertz CT molecular complexity index is 371. The third-order valence-corrected chi connectivity index (χ3v) is 3.08. The van der Waals surface area contributed by atoms with Gasteiger partial charge < -0.3 is 10.5 Å². The molecule has 0 fully saturated rings. The lowest BCUT2D eigenvalue weighted by Gasteiger charge is -2.27. The first-order chi connectivity index (χ1) is 6.61. The molecule has 2 nitrogen and oxygen atoms in total. The maximum atomic E-state index is 6.09. The van der Waals surface area contributed by atoms with Gasteiger partial charge in [0, 0.05) is 18.0 Å². The van der Waals surface area contributed by atoms with E-state index in [2.05, 4.69) is 26.8 Å². The monoisotopic (exact) mass is 191 g/mol. The average Bonchev–Trinajstić information content (AvgIpc) is 2.14. The van der Waals surface area contributed by atoms with Gasteiger partial charge in [-0.3, -0.25) is 0 Å². The molecule has 0 aliphatic carbocycles. The summed E-state index contributed by atoms with van der Waals surface area (Å²) in [7, 11) is 0. The van der Waals surface area contributed by atoms with Crippen molar-refractivity contribution in [2.24, 2.45) is 5.73 Å². The quantitative estimate of drug-likeness (QED) is 0.683. The van der Waals surface area contributed by atoms with E-state index < -0.39 is 0 Å². The van der Waals surface area contributed by atoms with Crippen LogP contribution in [-0.4, -0.2) is 6.61 Å². The van der Waals surface area contributed by atoms with Gasteiger partial charge in [-0.05, 0) is 37.5 Å². The fourth-order valence-corrected chi connectivity index (χ4v) is 2.15. The predicted octanol–water partition coefficient (Wildman–Crippen LogP) is 2.39. The van der Waals surface area contributed by atoms with E-state index in [-0.39, 0.29) is 6.04 Å². The molecule has 0 bridgehead atoms. The highest BCUT2D eigenvalue weighted by Gasteiger charge is 2.22. The third kappa shape index (κ3) is 1.30. The molecule has 2 heteroatoms. The van der Waals surface area contributed by atoms with Crippen molar-refractivity contribution in [3.8, 4) is 5.75 Å². The molecule has 14 heavy (non-hydrogen) atoms. The Morgan fingerprint density at radius 1 is 1.29 bits per heavy atom. The summed E-state index contributed by atoms with van der Waals surface area (Å²) in [4.78, 5) is 0. The fourth-order valence-electron chi connectivity index (χ4n) is 2.15. The molecule has 1 aliphatic heterocycles. The molecular formula is C12H17NO. The fraction of sp³-hybridized carbons (Fsp3) is 0.500. The van der Waals surface area contributed by atoms with Crippen molar-refractivity contribution in [1.82, 2.24) is 0 Å². The van der Waals surface area contributed by atoms with Crippen molar-refractivity contribution in [3.63, 3.8) is 0 Å². The SMILES string of the molecule is Cc1cc(C)c2c(c1C)OCCC2N. The molecule has 1 aromatic carbocycles. The van der Waals surface area contributed by atoms with E-state index in [1.807, 2.05) is 0 Å². The molecule has 76 valence electrons. The molecule has 1 atom stereocenters. The van der Waals surface area contributed by atoms with Gasteiger partial charge in [-0.1, -0.05) is 6.07 Å². The summed E-state index contributed by atoms with van der Waals surface area (Å²) in [6.07, 6.45) is 0.927. The zero-order valence-electron chi connectivity index (χ0n) is 9.05. The Hall–Kier alpha value is -1.02. The molecule has 0 saturated carbocycles. The van der Waals surface area contributed by atoms with Gasteiger partial charge in [0.25, 0.3) is 0 Å². The highest BCUT2D eigenvalue weighted by atomic mass is 16.5. The summed E-state index contributed by atoms with van der Waals surface area (Å²) in [5.41, 5.74) is 11.1. The van der Waals surface area contributed by atoms with Crippen molar-refractivity contribution >= 4 is 0 Å². The Morgan fingerprint density at radius 3 is 2.71 bits per heavy atom. The number of benzene rings is 1. The Kier molecular flexibility index (Phi) is 2.23. The van der Waals surface area contributed by atoms with Crippen LogP contribution in [0.5, 0.6) is 5.75 Å². The second-order valence-electron chi connectivity index (χ2n) is 4.12. The second-order valence-corrected chi connectivity index (χ2v) is 4.12. The van der Waals surface area contributed by atoms with Crippen LogP contribution in [0, 0.1) is 20.8 Å². The molecule has 0 aromatic heterocycles. The molecule has 0 radical (unpaired) electrons. The molecule has 0 saturated heterocycles. The number of hydrogen-bond acceptors (Lipinski definition) is 2. The molecule has 1 heterocycles. The topological polar surface area (TPSA) is 35.2 Å². The minimum Gasteiger partial charge on any atom is -0.493 e. The number of ether oxygens (including phenoxy) is 1. The summed E-state index contributed by atoms with van der Waals surface area (Å²) in [6, 6.07) is 2.35. The van der Waals surface area contributed by atoms with Gasteiger partial charge in [0.05, 0.1) is 6.61 Å². The number of rotatable bonds is 0. The standard InChI is InChI=1S/C12H17NO/c1-7-6-8(2)11-10(13)4-5-14-12(11)9(7)3/h6,10H,4-5,13H2,1-3H3. The Labute approximate surface area is 85.1 Å². The van der Waals surface area contributed by atoms with Crippen LogP contribution in [0.4, 0.5) is 0 Å². The second kappa shape index (κ2) is 3.28. The summed E-state index contributed by atoms with van der Waals surface area (Å²) in [5.74, 6) is 1.03. The molecule has 2 rings (SSSR count). The first-order valence-electron chi connectivity index (χ1n) is 5.10. The van der Waals surface area contributed by atoms with E-state index in [1.165, 1.54) is 22.3 Å². The third-order valence-electron chi connectivity index (χ3n) is 3.08.